The Bertz CT molecular complexity index is 542. The van der Waals surface area contributed by atoms with Crippen LogP contribution in [-0.2, 0) is 6.54 Å². The van der Waals surface area contributed by atoms with Gasteiger partial charge in [-0.25, -0.2) is 9.37 Å². The van der Waals surface area contributed by atoms with E-state index in [4.69, 9.17) is 17.3 Å². The third-order valence-corrected chi connectivity index (χ3v) is 3.39. The number of aryl methyl sites for hydroxylation is 1. The molecule has 3 nitrogen and oxygen atoms in total. The van der Waals surface area contributed by atoms with Crippen molar-refractivity contribution in [1.29, 1.82) is 0 Å². The lowest BCUT2D eigenvalue weighted by molar-refractivity contribution is 0.629. The molecule has 1 aromatic carbocycles. The van der Waals surface area contributed by atoms with Crippen LogP contribution in [0.15, 0.2) is 18.3 Å². The van der Waals surface area contributed by atoms with Crippen LogP contribution in [0.5, 0.6) is 0 Å². The third kappa shape index (κ3) is 2.87. The number of thiazole rings is 1. The van der Waals surface area contributed by atoms with Crippen molar-refractivity contribution in [1.82, 2.24) is 4.98 Å². The molecule has 0 spiro atoms. The Labute approximate surface area is 107 Å². The third-order valence-electron chi connectivity index (χ3n) is 2.19. The molecule has 1 aromatic heterocycles. The minimum atomic E-state index is -0.514. The van der Waals surface area contributed by atoms with Gasteiger partial charge in [0.2, 0.25) is 0 Å². The Morgan fingerprint density at radius 1 is 1.53 bits per heavy atom. The highest BCUT2D eigenvalue weighted by Gasteiger charge is 2.06. The molecule has 0 saturated heterocycles. The number of hydrogen-bond donors (Lipinski definition) is 2. The zero-order valence-electron chi connectivity index (χ0n) is 9.13. The lowest BCUT2D eigenvalue weighted by Crippen LogP contribution is -2.02. The number of benzene rings is 1. The first kappa shape index (κ1) is 12.1. The summed E-state index contributed by atoms with van der Waals surface area (Å²) >= 11 is 7.29. The van der Waals surface area contributed by atoms with Gasteiger partial charge < -0.3 is 11.1 Å². The van der Waals surface area contributed by atoms with Crippen LogP contribution < -0.4 is 11.1 Å². The van der Waals surface area contributed by atoms with Crippen LogP contribution in [0.25, 0.3) is 0 Å². The van der Waals surface area contributed by atoms with E-state index in [-0.39, 0.29) is 5.02 Å². The van der Waals surface area contributed by atoms with Crippen LogP contribution in [0.3, 0.4) is 0 Å². The number of anilines is 2. The Morgan fingerprint density at radius 2 is 2.29 bits per heavy atom. The lowest BCUT2D eigenvalue weighted by Gasteiger charge is -2.08. The van der Waals surface area contributed by atoms with E-state index in [1.165, 1.54) is 12.1 Å². The van der Waals surface area contributed by atoms with Gasteiger partial charge in [0, 0.05) is 17.1 Å². The maximum atomic E-state index is 13.1. The molecule has 0 aliphatic carbocycles. The average molecular weight is 272 g/mol. The summed E-state index contributed by atoms with van der Waals surface area (Å²) in [6, 6.07) is 2.68. The Kier molecular flexibility index (Phi) is 3.49. The molecule has 17 heavy (non-hydrogen) atoms. The van der Waals surface area contributed by atoms with Crippen LogP contribution in [0.2, 0.25) is 5.02 Å². The van der Waals surface area contributed by atoms with Gasteiger partial charge in [0.1, 0.15) is 10.8 Å². The predicted molar refractivity (Wildman–Crippen MR) is 70.0 cm³/mol. The van der Waals surface area contributed by atoms with Gasteiger partial charge in [-0.3, -0.25) is 0 Å². The zero-order valence-corrected chi connectivity index (χ0v) is 10.7. The van der Waals surface area contributed by atoms with Crippen LogP contribution >= 0.6 is 22.9 Å². The largest absolute Gasteiger partial charge is 0.397 e. The molecular formula is C11H11ClFN3S. The van der Waals surface area contributed by atoms with E-state index in [1.54, 1.807) is 11.3 Å². The fourth-order valence-corrected chi connectivity index (χ4v) is 2.26. The van der Waals surface area contributed by atoms with Crippen LogP contribution in [0.1, 0.15) is 9.88 Å². The second-order valence-corrected chi connectivity index (χ2v) is 5.30. The van der Waals surface area contributed by atoms with Gasteiger partial charge in [-0.1, -0.05) is 11.6 Å². The molecule has 6 heteroatoms. The number of nitrogen functional groups attached to an aromatic ring is 1. The van der Waals surface area contributed by atoms with Crippen molar-refractivity contribution in [3.63, 3.8) is 0 Å². The summed E-state index contributed by atoms with van der Waals surface area (Å²) in [6.07, 6.45) is 1.81. The molecule has 0 saturated carbocycles. The minimum absolute atomic E-state index is 0.0528. The summed E-state index contributed by atoms with van der Waals surface area (Å²) in [5, 5.41) is 4.08. The monoisotopic (exact) mass is 271 g/mol. The van der Waals surface area contributed by atoms with Crippen molar-refractivity contribution >= 4 is 34.3 Å². The van der Waals surface area contributed by atoms with Gasteiger partial charge in [-0.2, -0.15) is 0 Å². The topological polar surface area (TPSA) is 50.9 Å². The van der Waals surface area contributed by atoms with E-state index < -0.39 is 5.82 Å². The number of rotatable bonds is 3. The molecule has 1 heterocycles. The van der Waals surface area contributed by atoms with Gasteiger partial charge in [0.15, 0.2) is 0 Å². The molecule has 0 aliphatic rings. The van der Waals surface area contributed by atoms with Crippen molar-refractivity contribution < 1.29 is 4.39 Å². The van der Waals surface area contributed by atoms with Crippen LogP contribution in [0, 0.1) is 12.7 Å². The second kappa shape index (κ2) is 4.89. The first-order valence-electron chi connectivity index (χ1n) is 4.96. The molecule has 90 valence electrons. The van der Waals surface area contributed by atoms with E-state index in [0.29, 0.717) is 17.9 Å². The Morgan fingerprint density at radius 3 is 2.94 bits per heavy atom. The predicted octanol–water partition coefficient (Wildman–Crippen LogP) is 3.44. The van der Waals surface area contributed by atoms with Crippen molar-refractivity contribution in [2.45, 2.75) is 13.5 Å². The fourth-order valence-electron chi connectivity index (χ4n) is 1.37. The summed E-state index contributed by atoms with van der Waals surface area (Å²) in [5.74, 6) is -0.514. The summed E-state index contributed by atoms with van der Waals surface area (Å²) in [5.41, 5.74) is 6.63. The number of nitrogens with zero attached hydrogens (tertiary/aromatic N) is 1. The van der Waals surface area contributed by atoms with Crippen molar-refractivity contribution in [2.24, 2.45) is 0 Å². The number of halogens is 2. The highest BCUT2D eigenvalue weighted by Crippen LogP contribution is 2.26. The van der Waals surface area contributed by atoms with Gasteiger partial charge in [-0.05, 0) is 13.0 Å². The molecule has 2 aromatic rings. The SMILES string of the molecule is Cc1cnc(CNc2cc(Cl)c(F)cc2N)s1. The van der Waals surface area contributed by atoms with Gasteiger partial charge in [0.05, 0.1) is 22.9 Å². The molecule has 0 aliphatic heterocycles. The first-order chi connectivity index (χ1) is 8.06. The molecule has 0 bridgehead atoms. The molecule has 0 fully saturated rings. The quantitative estimate of drug-likeness (QED) is 0.841. The molecule has 0 unspecified atom stereocenters. The summed E-state index contributed by atoms with van der Waals surface area (Å²) < 4.78 is 13.1. The summed E-state index contributed by atoms with van der Waals surface area (Å²) in [4.78, 5) is 5.35. The highest BCUT2D eigenvalue weighted by molar-refractivity contribution is 7.11. The number of aromatic nitrogens is 1. The Hall–Kier alpha value is -1.33. The standard InChI is InChI=1S/C11H11ClFN3S/c1-6-4-16-11(17-6)5-15-10-2-7(12)8(13)3-9(10)14/h2-4,15H,5,14H2,1H3. The normalized spacial score (nSPS) is 10.5. The van der Waals surface area contributed by atoms with Crippen molar-refractivity contribution in [2.75, 3.05) is 11.1 Å². The smallest absolute Gasteiger partial charge is 0.143 e. The highest BCUT2D eigenvalue weighted by atomic mass is 35.5. The molecule has 0 atom stereocenters. The summed E-state index contributed by atoms with van der Waals surface area (Å²) in [7, 11) is 0. The number of nitrogens with two attached hydrogens (primary N) is 1. The maximum absolute atomic E-state index is 13.1. The zero-order chi connectivity index (χ0) is 12.4. The first-order valence-corrected chi connectivity index (χ1v) is 6.15. The van der Waals surface area contributed by atoms with E-state index in [1.807, 2.05) is 13.1 Å². The molecule has 0 radical (unpaired) electrons. The average Bonchev–Trinajstić information content (AvgIpc) is 2.68. The van der Waals surface area contributed by atoms with Crippen molar-refractivity contribution in [3.8, 4) is 0 Å². The van der Waals surface area contributed by atoms with Gasteiger partial charge in [-0.15, -0.1) is 11.3 Å². The summed E-state index contributed by atoms with van der Waals surface area (Å²) in [6.45, 7) is 2.54. The Balaban J connectivity index is 2.11. The van der Waals surface area contributed by atoms with E-state index >= 15 is 0 Å². The van der Waals surface area contributed by atoms with Crippen LogP contribution in [0.4, 0.5) is 15.8 Å². The number of nitrogens with one attached hydrogen (secondary N) is 1. The molecule has 3 N–H and O–H groups in total. The molecule has 0 amide bonds. The second-order valence-electron chi connectivity index (χ2n) is 3.57. The van der Waals surface area contributed by atoms with Crippen LogP contribution in [-0.4, -0.2) is 4.98 Å². The fraction of sp³-hybridized carbons (Fsp3) is 0.182. The van der Waals surface area contributed by atoms with Gasteiger partial charge >= 0.3 is 0 Å². The molecule has 2 rings (SSSR count). The lowest BCUT2D eigenvalue weighted by atomic mass is 10.2. The minimum Gasteiger partial charge on any atom is -0.397 e. The van der Waals surface area contributed by atoms with E-state index in [9.17, 15) is 4.39 Å². The van der Waals surface area contributed by atoms with Crippen molar-refractivity contribution in [3.05, 3.63) is 39.1 Å². The maximum Gasteiger partial charge on any atom is 0.143 e. The molecular weight excluding hydrogens is 261 g/mol. The number of hydrogen-bond acceptors (Lipinski definition) is 4. The van der Waals surface area contributed by atoms with E-state index in [0.717, 1.165) is 9.88 Å². The van der Waals surface area contributed by atoms with Gasteiger partial charge in [0.25, 0.3) is 0 Å². The van der Waals surface area contributed by atoms with E-state index in [2.05, 4.69) is 10.3 Å².